The first-order chi connectivity index (χ1) is 5.69. The maximum atomic E-state index is 13.1. The van der Waals surface area contributed by atoms with Crippen LogP contribution in [0.5, 0.6) is 5.88 Å². The van der Waals surface area contributed by atoms with Crippen molar-refractivity contribution in [2.24, 2.45) is 0 Å². The fourth-order valence-electron chi connectivity index (χ4n) is 0.666. The van der Waals surface area contributed by atoms with E-state index in [4.69, 9.17) is 11.6 Å². The average Bonchev–Trinajstić information content (AvgIpc) is 2.08. The third kappa shape index (κ3) is 1.84. The van der Waals surface area contributed by atoms with E-state index in [-0.39, 0.29) is 22.2 Å². The molecule has 1 rings (SSSR count). The molecule has 1 aromatic heterocycles. The average molecular weight is 255 g/mol. The molecular formula is C6H5BrClFN2O. The van der Waals surface area contributed by atoms with Crippen LogP contribution in [0, 0.1) is 5.82 Å². The van der Waals surface area contributed by atoms with Gasteiger partial charge >= 0.3 is 0 Å². The highest BCUT2D eigenvalue weighted by atomic mass is 79.9. The maximum absolute atomic E-state index is 13.1. The van der Waals surface area contributed by atoms with Crippen LogP contribution in [0.3, 0.4) is 0 Å². The van der Waals surface area contributed by atoms with Gasteiger partial charge in [-0.25, -0.2) is 4.98 Å². The lowest BCUT2D eigenvalue weighted by atomic mass is 10.4. The highest BCUT2D eigenvalue weighted by molar-refractivity contribution is 9.08. The van der Waals surface area contributed by atoms with E-state index in [9.17, 15) is 4.39 Å². The van der Waals surface area contributed by atoms with Crippen molar-refractivity contribution in [1.82, 2.24) is 9.97 Å². The minimum Gasteiger partial charge on any atom is -0.479 e. The Morgan fingerprint density at radius 2 is 2.25 bits per heavy atom. The van der Waals surface area contributed by atoms with E-state index in [1.165, 1.54) is 7.11 Å². The summed E-state index contributed by atoms with van der Waals surface area (Å²) in [5.41, 5.74) is 0.187. The summed E-state index contributed by atoms with van der Waals surface area (Å²) in [7, 11) is 1.32. The largest absolute Gasteiger partial charge is 0.479 e. The highest BCUT2D eigenvalue weighted by Crippen LogP contribution is 2.20. The van der Waals surface area contributed by atoms with Crippen molar-refractivity contribution in [3.05, 3.63) is 16.8 Å². The second kappa shape index (κ2) is 4.00. The first-order valence-electron chi connectivity index (χ1n) is 3.01. The fourth-order valence-corrected chi connectivity index (χ4v) is 1.22. The molecule has 12 heavy (non-hydrogen) atoms. The molecule has 0 aliphatic carbocycles. The Morgan fingerprint density at radius 3 is 2.75 bits per heavy atom. The van der Waals surface area contributed by atoms with Crippen LogP contribution >= 0.6 is 27.5 Å². The van der Waals surface area contributed by atoms with Gasteiger partial charge in [0.2, 0.25) is 11.1 Å². The quantitative estimate of drug-likeness (QED) is 0.600. The molecule has 0 fully saturated rings. The van der Waals surface area contributed by atoms with E-state index in [2.05, 4.69) is 30.6 Å². The molecule has 1 heterocycles. The van der Waals surface area contributed by atoms with Crippen molar-refractivity contribution in [2.75, 3.05) is 7.11 Å². The zero-order chi connectivity index (χ0) is 9.14. The Labute approximate surface area is 82.1 Å². The zero-order valence-electron chi connectivity index (χ0n) is 6.14. The Kier molecular flexibility index (Phi) is 3.22. The highest BCUT2D eigenvalue weighted by Gasteiger charge is 2.12. The monoisotopic (exact) mass is 254 g/mol. The summed E-state index contributed by atoms with van der Waals surface area (Å²) >= 11 is 8.55. The van der Waals surface area contributed by atoms with E-state index in [1.54, 1.807) is 0 Å². The van der Waals surface area contributed by atoms with Gasteiger partial charge in [0.05, 0.1) is 12.8 Å². The van der Waals surface area contributed by atoms with Crippen molar-refractivity contribution >= 4 is 27.5 Å². The van der Waals surface area contributed by atoms with Crippen LogP contribution in [0.25, 0.3) is 0 Å². The Hall–Kier alpha value is -0.420. The van der Waals surface area contributed by atoms with Gasteiger partial charge in [-0.15, -0.1) is 0 Å². The number of ether oxygens (including phenoxy) is 1. The minimum atomic E-state index is -0.584. The fraction of sp³-hybridized carbons (Fsp3) is 0.333. The lowest BCUT2D eigenvalue weighted by Crippen LogP contribution is -2.00. The van der Waals surface area contributed by atoms with Crippen molar-refractivity contribution < 1.29 is 9.13 Å². The zero-order valence-corrected chi connectivity index (χ0v) is 8.49. The number of halogens is 3. The molecule has 3 nitrogen and oxygen atoms in total. The molecule has 1 aromatic rings. The van der Waals surface area contributed by atoms with E-state index in [0.29, 0.717) is 0 Å². The second-order valence-electron chi connectivity index (χ2n) is 1.90. The summed E-state index contributed by atoms with van der Waals surface area (Å²) in [6, 6.07) is 0. The van der Waals surface area contributed by atoms with Crippen LogP contribution < -0.4 is 4.74 Å². The number of rotatable bonds is 2. The number of aromatic nitrogens is 2. The summed E-state index contributed by atoms with van der Waals surface area (Å²) in [6.45, 7) is 0. The third-order valence-electron chi connectivity index (χ3n) is 1.18. The van der Waals surface area contributed by atoms with Crippen molar-refractivity contribution in [2.45, 2.75) is 5.33 Å². The predicted molar refractivity (Wildman–Crippen MR) is 46.2 cm³/mol. The van der Waals surface area contributed by atoms with Crippen LogP contribution in [-0.4, -0.2) is 17.1 Å². The van der Waals surface area contributed by atoms with Crippen LogP contribution in [0.1, 0.15) is 5.69 Å². The lowest BCUT2D eigenvalue weighted by molar-refractivity contribution is 0.365. The normalized spacial score (nSPS) is 10.0. The molecule has 0 radical (unpaired) electrons. The minimum absolute atomic E-state index is 0.0253. The van der Waals surface area contributed by atoms with Crippen molar-refractivity contribution in [3.8, 4) is 5.88 Å². The lowest BCUT2D eigenvalue weighted by Gasteiger charge is -2.03. The molecule has 0 bridgehead atoms. The summed E-state index contributed by atoms with van der Waals surface area (Å²) in [6.07, 6.45) is 0. The topological polar surface area (TPSA) is 35.0 Å². The van der Waals surface area contributed by atoms with E-state index >= 15 is 0 Å². The third-order valence-corrected chi connectivity index (χ3v) is 1.88. The van der Waals surface area contributed by atoms with E-state index in [0.717, 1.165) is 0 Å². The van der Waals surface area contributed by atoms with Gasteiger partial charge in [-0.05, 0) is 11.6 Å². The van der Waals surface area contributed by atoms with E-state index < -0.39 is 5.82 Å². The molecule has 0 unspecified atom stereocenters. The van der Waals surface area contributed by atoms with Gasteiger partial charge in [-0.3, -0.25) is 0 Å². The number of methoxy groups -OCH3 is 1. The van der Waals surface area contributed by atoms with Gasteiger partial charge in [-0.2, -0.15) is 9.37 Å². The van der Waals surface area contributed by atoms with Crippen LogP contribution in [0.15, 0.2) is 0 Å². The molecular weight excluding hydrogens is 250 g/mol. The molecule has 0 N–H and O–H groups in total. The molecule has 0 aliphatic heterocycles. The molecule has 66 valence electrons. The smallest absolute Gasteiger partial charge is 0.254 e. The standard InChI is InChI=1S/C6H5BrClFN2O/c1-12-5-4(9)3(2-7)10-6(8)11-5/h2H2,1H3. The Bertz CT molecular complexity index is 272. The predicted octanol–water partition coefficient (Wildman–Crippen LogP) is 2.17. The van der Waals surface area contributed by atoms with Gasteiger partial charge in [0, 0.05) is 5.33 Å². The summed E-state index contributed by atoms with van der Waals surface area (Å²) in [5, 5.41) is 0.250. The van der Waals surface area contributed by atoms with Gasteiger partial charge < -0.3 is 4.74 Å². The second-order valence-corrected chi connectivity index (χ2v) is 2.80. The number of hydrogen-bond donors (Lipinski definition) is 0. The Morgan fingerprint density at radius 1 is 1.58 bits per heavy atom. The summed E-state index contributed by atoms with van der Waals surface area (Å²) < 4.78 is 17.8. The molecule has 0 aliphatic rings. The number of hydrogen-bond acceptors (Lipinski definition) is 3. The molecule has 0 saturated heterocycles. The molecule has 6 heteroatoms. The van der Waals surface area contributed by atoms with Crippen LogP contribution in [0.2, 0.25) is 5.28 Å². The molecule has 0 aromatic carbocycles. The molecule has 0 saturated carbocycles. The van der Waals surface area contributed by atoms with E-state index in [1.807, 2.05) is 0 Å². The van der Waals surface area contributed by atoms with Gasteiger partial charge in [0.15, 0.2) is 0 Å². The van der Waals surface area contributed by atoms with Gasteiger partial charge in [0.1, 0.15) is 0 Å². The maximum Gasteiger partial charge on any atom is 0.254 e. The van der Waals surface area contributed by atoms with Crippen molar-refractivity contribution in [3.63, 3.8) is 0 Å². The molecule has 0 amide bonds. The Balaban J connectivity index is 3.22. The number of alkyl halides is 1. The molecule has 0 atom stereocenters. The van der Waals surface area contributed by atoms with Crippen LogP contribution in [-0.2, 0) is 5.33 Å². The number of nitrogens with zero attached hydrogens (tertiary/aromatic N) is 2. The van der Waals surface area contributed by atoms with Crippen molar-refractivity contribution in [1.29, 1.82) is 0 Å². The van der Waals surface area contributed by atoms with Gasteiger partial charge in [0.25, 0.3) is 5.88 Å². The first-order valence-corrected chi connectivity index (χ1v) is 4.51. The SMILES string of the molecule is COc1nc(Cl)nc(CBr)c1F. The summed E-state index contributed by atoms with van der Waals surface area (Å²) in [4.78, 5) is 7.19. The van der Waals surface area contributed by atoms with Gasteiger partial charge in [-0.1, -0.05) is 15.9 Å². The first kappa shape index (κ1) is 9.67. The summed E-state index contributed by atoms with van der Waals surface area (Å²) in [5.74, 6) is -0.719. The molecule has 0 spiro atoms. The van der Waals surface area contributed by atoms with Crippen LogP contribution in [0.4, 0.5) is 4.39 Å².